The van der Waals surface area contributed by atoms with Crippen LogP contribution < -0.4 is 5.32 Å². The van der Waals surface area contributed by atoms with Gasteiger partial charge in [0.25, 0.3) is 11.8 Å². The van der Waals surface area contributed by atoms with Gasteiger partial charge in [0, 0.05) is 11.7 Å². The van der Waals surface area contributed by atoms with Crippen LogP contribution in [-0.2, 0) is 9.59 Å². The van der Waals surface area contributed by atoms with E-state index in [1.165, 1.54) is 4.90 Å². The van der Waals surface area contributed by atoms with E-state index in [1.54, 1.807) is 0 Å². The Bertz CT molecular complexity index is 805. The molecule has 4 heteroatoms. The third-order valence-electron chi connectivity index (χ3n) is 4.02. The zero-order valence-electron chi connectivity index (χ0n) is 14.0. The van der Waals surface area contributed by atoms with Gasteiger partial charge in [0.1, 0.15) is 5.70 Å². The molecule has 0 saturated heterocycles. The van der Waals surface area contributed by atoms with E-state index in [9.17, 15) is 9.59 Å². The van der Waals surface area contributed by atoms with Crippen molar-refractivity contribution in [1.29, 1.82) is 0 Å². The molecule has 2 aromatic rings. The first kappa shape index (κ1) is 16.0. The molecule has 0 fully saturated rings. The molecule has 1 aliphatic heterocycles. The molecule has 122 valence electrons. The molecular weight excluding hydrogens is 300 g/mol. The number of imide groups is 1. The third-order valence-corrected chi connectivity index (χ3v) is 4.02. The smallest absolute Gasteiger partial charge is 0.278 e. The molecule has 3 rings (SSSR count). The maximum absolute atomic E-state index is 12.9. The van der Waals surface area contributed by atoms with Gasteiger partial charge in [0.2, 0.25) is 0 Å². The molecule has 24 heavy (non-hydrogen) atoms. The van der Waals surface area contributed by atoms with Gasteiger partial charge in [-0.05, 0) is 38.5 Å². The van der Waals surface area contributed by atoms with E-state index in [-0.39, 0.29) is 17.9 Å². The molecule has 0 unspecified atom stereocenters. The average molecular weight is 320 g/mol. The van der Waals surface area contributed by atoms with E-state index in [0.717, 1.165) is 16.8 Å². The molecule has 0 radical (unpaired) electrons. The SMILES string of the molecule is Cc1ccc(C2=C(Nc3ccccc3)C(=O)N(C(C)C)C2=O)cc1. The van der Waals surface area contributed by atoms with Crippen molar-refractivity contribution in [3.63, 3.8) is 0 Å². The van der Waals surface area contributed by atoms with Gasteiger partial charge in [-0.2, -0.15) is 0 Å². The van der Waals surface area contributed by atoms with Crippen molar-refractivity contribution in [3.8, 4) is 0 Å². The zero-order chi connectivity index (χ0) is 17.3. The lowest BCUT2D eigenvalue weighted by atomic mass is 10.0. The van der Waals surface area contributed by atoms with Crippen molar-refractivity contribution in [3.05, 3.63) is 71.4 Å². The third kappa shape index (κ3) is 2.83. The van der Waals surface area contributed by atoms with Crippen LogP contribution >= 0.6 is 0 Å². The Hall–Kier alpha value is -2.88. The summed E-state index contributed by atoms with van der Waals surface area (Å²) in [5.41, 5.74) is 3.40. The van der Waals surface area contributed by atoms with E-state index in [4.69, 9.17) is 0 Å². The Labute approximate surface area is 141 Å². The lowest BCUT2D eigenvalue weighted by Crippen LogP contribution is -2.38. The monoisotopic (exact) mass is 320 g/mol. The number of rotatable bonds is 4. The van der Waals surface area contributed by atoms with Crippen LogP contribution in [0.1, 0.15) is 25.0 Å². The Morgan fingerprint density at radius 1 is 0.875 bits per heavy atom. The maximum Gasteiger partial charge on any atom is 0.278 e. The van der Waals surface area contributed by atoms with E-state index < -0.39 is 0 Å². The molecule has 0 aromatic heterocycles. The number of amides is 2. The lowest BCUT2D eigenvalue weighted by Gasteiger charge is -2.19. The molecule has 2 aromatic carbocycles. The summed E-state index contributed by atoms with van der Waals surface area (Å²) in [4.78, 5) is 27.0. The largest absolute Gasteiger partial charge is 0.350 e. The van der Waals surface area contributed by atoms with Crippen LogP contribution in [0, 0.1) is 6.92 Å². The predicted molar refractivity (Wildman–Crippen MR) is 95.2 cm³/mol. The fraction of sp³-hybridized carbons (Fsp3) is 0.200. The van der Waals surface area contributed by atoms with Crippen molar-refractivity contribution in [2.24, 2.45) is 0 Å². The number of nitrogens with zero attached hydrogens (tertiary/aromatic N) is 1. The number of aryl methyl sites for hydroxylation is 1. The first-order chi connectivity index (χ1) is 11.5. The van der Waals surface area contributed by atoms with Gasteiger partial charge in [-0.1, -0.05) is 48.0 Å². The Morgan fingerprint density at radius 2 is 1.50 bits per heavy atom. The van der Waals surface area contributed by atoms with Crippen LogP contribution in [0.5, 0.6) is 0 Å². The van der Waals surface area contributed by atoms with Crippen LogP contribution in [0.4, 0.5) is 5.69 Å². The van der Waals surface area contributed by atoms with E-state index in [1.807, 2.05) is 75.4 Å². The van der Waals surface area contributed by atoms with Gasteiger partial charge in [-0.15, -0.1) is 0 Å². The minimum atomic E-state index is -0.283. The number of anilines is 1. The highest BCUT2D eigenvalue weighted by Crippen LogP contribution is 2.31. The van der Waals surface area contributed by atoms with E-state index in [0.29, 0.717) is 11.3 Å². The second-order valence-corrected chi connectivity index (χ2v) is 6.18. The fourth-order valence-corrected chi connectivity index (χ4v) is 2.79. The van der Waals surface area contributed by atoms with E-state index in [2.05, 4.69) is 5.32 Å². The highest BCUT2D eigenvalue weighted by atomic mass is 16.2. The molecule has 1 heterocycles. The summed E-state index contributed by atoms with van der Waals surface area (Å²) in [5.74, 6) is -0.535. The lowest BCUT2D eigenvalue weighted by molar-refractivity contribution is -0.138. The number of benzene rings is 2. The van der Waals surface area contributed by atoms with Crippen LogP contribution in [0.2, 0.25) is 0 Å². The van der Waals surface area contributed by atoms with E-state index >= 15 is 0 Å². The van der Waals surface area contributed by atoms with Gasteiger partial charge in [-0.25, -0.2) is 0 Å². The number of para-hydroxylation sites is 1. The summed E-state index contributed by atoms with van der Waals surface area (Å²) < 4.78 is 0. The number of carbonyl (C=O) groups is 2. The quantitative estimate of drug-likeness (QED) is 0.876. The molecule has 0 atom stereocenters. The number of hydrogen-bond donors (Lipinski definition) is 1. The zero-order valence-corrected chi connectivity index (χ0v) is 14.0. The standard InChI is InChI=1S/C20H20N2O2/c1-13(2)22-19(23)17(15-11-9-14(3)10-12-15)18(20(22)24)21-16-7-5-4-6-8-16/h4-13,21H,1-3H3. The summed E-state index contributed by atoms with van der Waals surface area (Å²) in [6, 6.07) is 16.9. The molecule has 0 aliphatic carbocycles. The van der Waals surface area contributed by atoms with Crippen molar-refractivity contribution >= 4 is 23.1 Å². The Balaban J connectivity index is 2.10. The van der Waals surface area contributed by atoms with Crippen molar-refractivity contribution < 1.29 is 9.59 Å². The molecule has 2 amide bonds. The molecule has 0 spiro atoms. The molecule has 1 N–H and O–H groups in total. The summed E-state index contributed by atoms with van der Waals surface area (Å²) in [6.45, 7) is 5.67. The fourth-order valence-electron chi connectivity index (χ4n) is 2.79. The van der Waals surface area contributed by atoms with Gasteiger partial charge in [-0.3, -0.25) is 14.5 Å². The minimum absolute atomic E-state index is 0.194. The topological polar surface area (TPSA) is 49.4 Å². The Kier molecular flexibility index (Phi) is 4.21. The predicted octanol–water partition coefficient (Wildman–Crippen LogP) is 3.60. The number of hydrogen-bond acceptors (Lipinski definition) is 3. The van der Waals surface area contributed by atoms with Crippen LogP contribution in [0.15, 0.2) is 60.3 Å². The summed E-state index contributed by atoms with van der Waals surface area (Å²) in [6.07, 6.45) is 0. The van der Waals surface area contributed by atoms with Gasteiger partial charge < -0.3 is 5.32 Å². The second-order valence-electron chi connectivity index (χ2n) is 6.18. The van der Waals surface area contributed by atoms with Crippen molar-refractivity contribution in [2.45, 2.75) is 26.8 Å². The molecule has 0 bridgehead atoms. The molecule has 4 nitrogen and oxygen atoms in total. The molecule has 1 aliphatic rings. The van der Waals surface area contributed by atoms with Crippen LogP contribution in [-0.4, -0.2) is 22.8 Å². The van der Waals surface area contributed by atoms with Crippen molar-refractivity contribution in [2.75, 3.05) is 5.32 Å². The maximum atomic E-state index is 12.9. The highest BCUT2D eigenvalue weighted by Gasteiger charge is 2.40. The average Bonchev–Trinajstić information content (AvgIpc) is 2.80. The summed E-state index contributed by atoms with van der Waals surface area (Å²) in [5, 5.41) is 3.14. The normalized spacial score (nSPS) is 14.8. The first-order valence-corrected chi connectivity index (χ1v) is 8.00. The summed E-state index contributed by atoms with van der Waals surface area (Å²) >= 11 is 0. The molecular formula is C20H20N2O2. The second kappa shape index (κ2) is 6.32. The molecule has 0 saturated carbocycles. The summed E-state index contributed by atoms with van der Waals surface area (Å²) in [7, 11) is 0. The van der Waals surface area contributed by atoms with Crippen LogP contribution in [0.3, 0.4) is 0 Å². The Morgan fingerprint density at radius 3 is 2.08 bits per heavy atom. The van der Waals surface area contributed by atoms with Gasteiger partial charge in [0.05, 0.1) is 5.57 Å². The first-order valence-electron chi connectivity index (χ1n) is 8.00. The van der Waals surface area contributed by atoms with Crippen molar-refractivity contribution in [1.82, 2.24) is 4.90 Å². The minimum Gasteiger partial charge on any atom is -0.350 e. The van der Waals surface area contributed by atoms with Crippen LogP contribution in [0.25, 0.3) is 5.57 Å². The van der Waals surface area contributed by atoms with Gasteiger partial charge in [0.15, 0.2) is 0 Å². The highest BCUT2D eigenvalue weighted by molar-refractivity contribution is 6.36. The number of carbonyl (C=O) groups excluding carboxylic acids is 2. The van der Waals surface area contributed by atoms with Gasteiger partial charge >= 0.3 is 0 Å². The number of nitrogens with one attached hydrogen (secondary N) is 1.